The Labute approximate surface area is 92.3 Å². The Morgan fingerprint density at radius 3 is 3.00 bits per heavy atom. The minimum absolute atomic E-state index is 0.618. The molecule has 14 heavy (non-hydrogen) atoms. The van der Waals surface area contributed by atoms with E-state index in [4.69, 9.17) is 4.74 Å². The van der Waals surface area contributed by atoms with Crippen molar-refractivity contribution in [1.29, 1.82) is 0 Å². The van der Waals surface area contributed by atoms with E-state index in [1.807, 2.05) is 0 Å². The molecule has 0 aromatic heterocycles. The molecule has 0 aliphatic carbocycles. The predicted octanol–water partition coefficient (Wildman–Crippen LogP) is 3.85. The molecule has 0 spiro atoms. The molecule has 1 aliphatic rings. The van der Waals surface area contributed by atoms with Crippen molar-refractivity contribution in [3.8, 4) is 0 Å². The number of thioether (sulfide) groups is 1. The molecule has 1 rings (SSSR count). The summed E-state index contributed by atoms with van der Waals surface area (Å²) in [6.07, 6.45) is 8.21. The molecule has 1 nitrogen and oxygen atoms in total. The first-order valence-electron chi connectivity index (χ1n) is 5.63. The van der Waals surface area contributed by atoms with Crippen LogP contribution in [0.1, 0.15) is 39.0 Å². The van der Waals surface area contributed by atoms with Crippen molar-refractivity contribution in [2.24, 2.45) is 5.41 Å². The zero-order valence-electron chi connectivity index (χ0n) is 9.26. The molecule has 1 fully saturated rings. The molecular weight excluding hydrogens is 192 g/mol. The fraction of sp³-hybridized carbons (Fsp3) is 0.833. The van der Waals surface area contributed by atoms with Gasteiger partial charge in [-0.15, -0.1) is 0 Å². The van der Waals surface area contributed by atoms with Gasteiger partial charge in [0.15, 0.2) is 0 Å². The van der Waals surface area contributed by atoms with Crippen LogP contribution in [0.25, 0.3) is 0 Å². The predicted molar refractivity (Wildman–Crippen MR) is 64.7 cm³/mol. The largest absolute Gasteiger partial charge is 0.502 e. The van der Waals surface area contributed by atoms with Gasteiger partial charge < -0.3 is 4.74 Å². The van der Waals surface area contributed by atoms with Gasteiger partial charge in [0.2, 0.25) is 0 Å². The third-order valence-electron chi connectivity index (χ3n) is 3.24. The van der Waals surface area contributed by atoms with Crippen LogP contribution in [0, 0.1) is 5.41 Å². The first kappa shape index (κ1) is 12.0. The van der Waals surface area contributed by atoms with Crippen LogP contribution in [0.4, 0.5) is 0 Å². The smallest absolute Gasteiger partial charge is 0.0873 e. The first-order chi connectivity index (χ1) is 6.83. The maximum atomic E-state index is 5.17. The molecule has 0 aromatic rings. The molecule has 0 saturated carbocycles. The van der Waals surface area contributed by atoms with Gasteiger partial charge in [-0.05, 0) is 49.0 Å². The van der Waals surface area contributed by atoms with Crippen LogP contribution in [0.2, 0.25) is 0 Å². The molecule has 0 N–H and O–H groups in total. The molecule has 0 radical (unpaired) electrons. The lowest BCUT2D eigenvalue weighted by Crippen LogP contribution is -2.27. The Morgan fingerprint density at radius 2 is 2.43 bits per heavy atom. The zero-order chi connectivity index (χ0) is 10.3. The molecule has 1 unspecified atom stereocenters. The van der Waals surface area contributed by atoms with Crippen molar-refractivity contribution in [3.63, 3.8) is 0 Å². The summed E-state index contributed by atoms with van der Waals surface area (Å²) in [4.78, 5) is 0. The van der Waals surface area contributed by atoms with Crippen molar-refractivity contribution in [2.45, 2.75) is 39.0 Å². The molecule has 2 heteroatoms. The summed E-state index contributed by atoms with van der Waals surface area (Å²) in [7, 11) is 0. The fourth-order valence-electron chi connectivity index (χ4n) is 2.18. The molecule has 1 atom stereocenters. The van der Waals surface area contributed by atoms with Gasteiger partial charge in [-0.25, -0.2) is 0 Å². The number of rotatable bonds is 6. The van der Waals surface area contributed by atoms with Crippen LogP contribution >= 0.6 is 11.8 Å². The Bertz CT molecular complexity index is 162. The minimum Gasteiger partial charge on any atom is -0.502 e. The Balaban J connectivity index is 2.25. The van der Waals surface area contributed by atoms with E-state index < -0.39 is 0 Å². The van der Waals surface area contributed by atoms with E-state index in [1.165, 1.54) is 43.6 Å². The molecule has 1 aliphatic heterocycles. The third-order valence-corrected chi connectivity index (χ3v) is 4.64. The molecule has 0 amide bonds. The van der Waals surface area contributed by atoms with Crippen LogP contribution in [-0.4, -0.2) is 18.1 Å². The maximum Gasteiger partial charge on any atom is 0.0873 e. The normalized spacial score (nSPS) is 27.2. The van der Waals surface area contributed by atoms with Crippen molar-refractivity contribution in [1.82, 2.24) is 0 Å². The molecule has 1 heterocycles. The van der Waals surface area contributed by atoms with Gasteiger partial charge in [-0.2, -0.15) is 11.8 Å². The van der Waals surface area contributed by atoms with E-state index in [-0.39, 0.29) is 0 Å². The van der Waals surface area contributed by atoms with E-state index in [2.05, 4.69) is 25.3 Å². The number of hydrogen-bond donors (Lipinski definition) is 0. The lowest BCUT2D eigenvalue weighted by molar-refractivity contribution is 0.195. The fourth-order valence-corrected chi connectivity index (χ4v) is 3.60. The topological polar surface area (TPSA) is 9.23 Å². The second kappa shape index (κ2) is 6.39. The summed E-state index contributed by atoms with van der Waals surface area (Å²) >= 11 is 2.13. The first-order valence-corrected chi connectivity index (χ1v) is 6.79. The Hall–Kier alpha value is -0.110. The van der Waals surface area contributed by atoms with E-state index >= 15 is 0 Å². The Kier molecular flexibility index (Phi) is 5.46. The summed E-state index contributed by atoms with van der Waals surface area (Å²) < 4.78 is 5.17. The second-order valence-corrected chi connectivity index (χ2v) is 5.26. The number of ether oxygens (including phenoxy) is 1. The highest BCUT2D eigenvalue weighted by Crippen LogP contribution is 2.40. The monoisotopic (exact) mass is 214 g/mol. The molecule has 82 valence electrons. The van der Waals surface area contributed by atoms with Gasteiger partial charge in [0.05, 0.1) is 12.9 Å². The second-order valence-electron chi connectivity index (χ2n) is 4.15. The van der Waals surface area contributed by atoms with Gasteiger partial charge in [0.1, 0.15) is 0 Å². The summed E-state index contributed by atoms with van der Waals surface area (Å²) in [6, 6.07) is 0. The van der Waals surface area contributed by atoms with E-state index in [0.29, 0.717) is 5.41 Å². The van der Waals surface area contributed by atoms with Crippen molar-refractivity contribution < 1.29 is 4.74 Å². The van der Waals surface area contributed by atoms with Crippen LogP contribution in [0.5, 0.6) is 0 Å². The highest BCUT2D eigenvalue weighted by Gasteiger charge is 2.29. The highest BCUT2D eigenvalue weighted by molar-refractivity contribution is 7.99. The van der Waals surface area contributed by atoms with Gasteiger partial charge in [0, 0.05) is 0 Å². The summed E-state index contributed by atoms with van der Waals surface area (Å²) in [6.45, 7) is 6.73. The van der Waals surface area contributed by atoms with Gasteiger partial charge in [0.25, 0.3) is 0 Å². The van der Waals surface area contributed by atoms with Crippen molar-refractivity contribution in [3.05, 3.63) is 12.8 Å². The quantitative estimate of drug-likeness (QED) is 0.490. The van der Waals surface area contributed by atoms with Crippen molar-refractivity contribution in [2.75, 3.05) is 18.1 Å². The van der Waals surface area contributed by atoms with E-state index in [1.54, 1.807) is 6.26 Å². The lowest BCUT2D eigenvalue weighted by atomic mass is 9.78. The minimum atomic E-state index is 0.618. The van der Waals surface area contributed by atoms with Gasteiger partial charge in [-0.3, -0.25) is 0 Å². The van der Waals surface area contributed by atoms with Crippen LogP contribution in [0.15, 0.2) is 12.8 Å². The van der Waals surface area contributed by atoms with E-state index in [9.17, 15) is 0 Å². The van der Waals surface area contributed by atoms with Gasteiger partial charge in [-0.1, -0.05) is 13.5 Å². The lowest BCUT2D eigenvalue weighted by Gasteiger charge is -2.36. The SMILES string of the molecule is C=COCCCC1(CC)CCCSC1. The highest BCUT2D eigenvalue weighted by atomic mass is 32.2. The van der Waals surface area contributed by atoms with E-state index in [0.717, 1.165) is 6.61 Å². The summed E-state index contributed by atoms with van der Waals surface area (Å²) in [5, 5.41) is 0. The summed E-state index contributed by atoms with van der Waals surface area (Å²) in [5.41, 5.74) is 0.618. The Morgan fingerprint density at radius 1 is 1.57 bits per heavy atom. The molecule has 0 bridgehead atoms. The molecule has 0 aromatic carbocycles. The molecule has 1 saturated heterocycles. The average Bonchev–Trinajstić information content (AvgIpc) is 2.26. The number of hydrogen-bond acceptors (Lipinski definition) is 2. The van der Waals surface area contributed by atoms with Crippen LogP contribution < -0.4 is 0 Å². The average molecular weight is 214 g/mol. The standard InChI is InChI=1S/C12H22OS/c1-3-12(7-5-9-13-4-2)8-6-10-14-11-12/h4H,2-3,5-11H2,1H3. The van der Waals surface area contributed by atoms with Crippen LogP contribution in [0.3, 0.4) is 0 Å². The van der Waals surface area contributed by atoms with Crippen LogP contribution in [-0.2, 0) is 4.74 Å². The zero-order valence-corrected chi connectivity index (χ0v) is 10.1. The maximum absolute atomic E-state index is 5.17. The van der Waals surface area contributed by atoms with Crippen molar-refractivity contribution >= 4 is 11.8 Å². The molecular formula is C12H22OS. The summed E-state index contributed by atoms with van der Waals surface area (Å²) in [5.74, 6) is 2.72. The third kappa shape index (κ3) is 3.56. The van der Waals surface area contributed by atoms with Gasteiger partial charge >= 0.3 is 0 Å².